The molecule has 1 aromatic heterocycles. The van der Waals surface area contributed by atoms with E-state index in [-0.39, 0.29) is 12.1 Å². The maximum atomic E-state index is 12.5. The molecule has 4 atom stereocenters. The average Bonchev–Trinajstić information content (AvgIpc) is 3.29. The largest absolute Gasteiger partial charge is 0.548 e. The van der Waals surface area contributed by atoms with Crippen LogP contribution in [0.1, 0.15) is 82.8 Å². The summed E-state index contributed by atoms with van der Waals surface area (Å²) in [5, 5.41) is 0. The van der Waals surface area contributed by atoms with Crippen LogP contribution < -0.4 is 10.4 Å². The van der Waals surface area contributed by atoms with Crippen LogP contribution in [0.4, 0.5) is 5.82 Å². The van der Waals surface area contributed by atoms with E-state index in [2.05, 4.69) is 44.8 Å². The molecule has 36 heavy (non-hydrogen) atoms. The Morgan fingerprint density at radius 2 is 1.94 bits per heavy atom. The summed E-state index contributed by atoms with van der Waals surface area (Å²) in [6, 6.07) is 10.8. The molecule has 1 saturated carbocycles. The number of aromatic amines is 1. The molecular weight excluding hydrogens is 472 g/mol. The molecule has 2 fully saturated rings. The number of methoxy groups -OCH3 is 1. The monoisotopic (exact) mass is 516 g/mol. The molecule has 0 amide bonds. The van der Waals surface area contributed by atoms with Crippen LogP contribution in [0.5, 0.6) is 0 Å². The molecule has 1 aliphatic heterocycles. The van der Waals surface area contributed by atoms with Crippen LogP contribution in [-0.2, 0) is 9.47 Å². The van der Waals surface area contributed by atoms with Gasteiger partial charge in [-0.2, -0.15) is 0 Å². The normalized spacial score (nSPS) is 22.1. The van der Waals surface area contributed by atoms with Crippen molar-refractivity contribution < 1.29 is 14.0 Å². The summed E-state index contributed by atoms with van der Waals surface area (Å²) in [6.07, 6.45) is 11.9. The van der Waals surface area contributed by atoms with Crippen molar-refractivity contribution in [2.45, 2.75) is 83.3 Å². The summed E-state index contributed by atoms with van der Waals surface area (Å²) < 4.78 is 31.7. The Morgan fingerprint density at radius 3 is 2.69 bits per heavy atom. The molecule has 1 aliphatic carbocycles. The maximum absolute atomic E-state index is 12.5. The van der Waals surface area contributed by atoms with Crippen LogP contribution in [0.25, 0.3) is 0 Å². The number of ether oxygens (including phenoxy) is 2. The Balaban J connectivity index is 1.50. The second kappa shape index (κ2) is 14.3. The highest BCUT2D eigenvalue weighted by molar-refractivity contribution is 7.13. The zero-order chi connectivity index (χ0) is 25.2. The standard InChI is InChI=1S/C28H44N4O3S/c1-3-25(20-22-12-6-4-7-13-22)29-27-28(31-36(33)30-27)32-17-10-16-24(21-32)26(35-19-11-18-34-2)23-14-8-5-9-15-23/h5,8-9,14-15,22,24-26H,3-4,6-7,10-13,16-21H2,1-2H3,(H,29,30)/t24?,25-,26?,36?/m1/s1. The Kier molecular flexibility index (Phi) is 10.8. The number of hydrogen-bond donors (Lipinski definition) is 1. The number of hydrogen-bond acceptors (Lipinski definition) is 6. The van der Waals surface area contributed by atoms with Crippen molar-refractivity contribution in [3.05, 3.63) is 41.4 Å². The molecule has 2 aliphatic rings. The lowest BCUT2D eigenvalue weighted by Gasteiger charge is -2.36. The van der Waals surface area contributed by atoms with E-state index in [0.717, 1.165) is 56.9 Å². The van der Waals surface area contributed by atoms with E-state index in [1.165, 1.54) is 37.7 Å². The molecule has 1 saturated heterocycles. The van der Waals surface area contributed by atoms with Crippen LogP contribution in [0, 0.1) is 11.8 Å². The van der Waals surface area contributed by atoms with Crippen LogP contribution in [0.2, 0.25) is 0 Å². The molecule has 3 unspecified atom stereocenters. The van der Waals surface area contributed by atoms with Crippen LogP contribution in [0.15, 0.2) is 35.3 Å². The molecule has 8 heteroatoms. The molecule has 1 N–H and O–H groups in total. The van der Waals surface area contributed by atoms with Crippen molar-refractivity contribution in [1.29, 1.82) is 0 Å². The number of anilines is 1. The molecule has 0 spiro atoms. The van der Waals surface area contributed by atoms with E-state index in [4.69, 9.17) is 14.5 Å². The summed E-state index contributed by atoms with van der Waals surface area (Å²) >= 11 is -1.45. The van der Waals surface area contributed by atoms with Crippen molar-refractivity contribution in [2.24, 2.45) is 16.8 Å². The Hall–Kier alpha value is -1.74. The molecule has 200 valence electrons. The number of nitrogens with zero attached hydrogens (tertiary/aromatic N) is 3. The molecule has 4 rings (SSSR count). The second-order valence-electron chi connectivity index (χ2n) is 10.4. The van der Waals surface area contributed by atoms with E-state index >= 15 is 0 Å². The smallest absolute Gasteiger partial charge is 0.234 e. The van der Waals surface area contributed by atoms with Crippen LogP contribution in [0.3, 0.4) is 0 Å². The quantitative estimate of drug-likeness (QED) is 0.285. The van der Waals surface area contributed by atoms with Crippen molar-refractivity contribution >= 4 is 17.0 Å². The highest BCUT2D eigenvalue weighted by Crippen LogP contribution is 2.34. The summed E-state index contributed by atoms with van der Waals surface area (Å²) in [4.78, 5) is 7.37. The molecule has 2 aromatic rings. The third-order valence-corrected chi connectivity index (χ3v) is 8.49. The zero-order valence-electron chi connectivity index (χ0n) is 22.1. The van der Waals surface area contributed by atoms with Gasteiger partial charge in [0.25, 0.3) is 0 Å². The van der Waals surface area contributed by atoms with Gasteiger partial charge in [0.05, 0.1) is 12.1 Å². The van der Waals surface area contributed by atoms with Gasteiger partial charge in [-0.15, -0.1) is 4.37 Å². The van der Waals surface area contributed by atoms with E-state index in [1.54, 1.807) is 7.11 Å². The topological polar surface area (TPSA) is 85.8 Å². The fraction of sp³-hybridized carbons (Fsp3) is 0.714. The predicted molar refractivity (Wildman–Crippen MR) is 145 cm³/mol. The lowest BCUT2D eigenvalue weighted by atomic mass is 9.84. The van der Waals surface area contributed by atoms with Crippen LogP contribution >= 0.6 is 11.1 Å². The average molecular weight is 517 g/mol. The number of piperidine rings is 1. The molecule has 0 bridgehead atoms. The summed E-state index contributed by atoms with van der Waals surface area (Å²) in [7, 11) is 1.73. The van der Waals surface area contributed by atoms with Gasteiger partial charge in [-0.1, -0.05) is 69.4 Å². The molecule has 2 heterocycles. The second-order valence-corrected chi connectivity index (χ2v) is 11.3. The Morgan fingerprint density at radius 1 is 1.14 bits per heavy atom. The minimum atomic E-state index is -1.45. The highest BCUT2D eigenvalue weighted by atomic mass is 32.2. The lowest BCUT2D eigenvalue weighted by molar-refractivity contribution is -0.00240. The molecule has 0 radical (unpaired) electrons. The summed E-state index contributed by atoms with van der Waals surface area (Å²) in [5.41, 5.74) is 1.93. The summed E-state index contributed by atoms with van der Waals surface area (Å²) in [5.74, 6) is 1.86. The summed E-state index contributed by atoms with van der Waals surface area (Å²) in [6.45, 7) is 5.30. The van der Waals surface area contributed by atoms with E-state index < -0.39 is 11.1 Å². The van der Waals surface area contributed by atoms with Crippen molar-refractivity contribution in [3.63, 3.8) is 0 Å². The van der Waals surface area contributed by atoms with Gasteiger partial charge in [0.1, 0.15) is 0 Å². The lowest BCUT2D eigenvalue weighted by Crippen LogP contribution is -2.41. The third kappa shape index (κ3) is 7.63. The highest BCUT2D eigenvalue weighted by Gasteiger charge is 2.32. The molecular formula is C28H44N4O3S. The Labute approximate surface area is 219 Å². The maximum Gasteiger partial charge on any atom is 0.234 e. The zero-order valence-corrected chi connectivity index (χ0v) is 22.9. The first kappa shape index (κ1) is 27.3. The first-order valence-electron chi connectivity index (χ1n) is 13.9. The van der Waals surface area contributed by atoms with Gasteiger partial charge in [-0.3, -0.25) is 4.99 Å². The number of H-pyrrole nitrogens is 1. The number of nitrogens with one attached hydrogen (secondary N) is 1. The van der Waals surface area contributed by atoms with E-state index in [9.17, 15) is 4.55 Å². The first-order chi connectivity index (χ1) is 17.7. The van der Waals surface area contributed by atoms with Crippen LogP contribution in [-0.4, -0.2) is 52.8 Å². The minimum Gasteiger partial charge on any atom is -0.548 e. The number of rotatable bonds is 12. The molecule has 1 aromatic carbocycles. The van der Waals surface area contributed by atoms with E-state index in [1.807, 2.05) is 6.07 Å². The van der Waals surface area contributed by atoms with Crippen molar-refractivity contribution in [1.82, 2.24) is 8.75 Å². The third-order valence-electron chi connectivity index (χ3n) is 7.78. The van der Waals surface area contributed by atoms with Crippen molar-refractivity contribution in [3.8, 4) is 0 Å². The molecule has 7 nitrogen and oxygen atoms in total. The SMILES string of the molecule is CC[C@H](CC1CCCCC1)N=c1[nH][s+]([O-])nc1N1CCCC(C(OCCCOC)c2ccccc2)C1. The minimum absolute atomic E-state index is 0.0152. The van der Waals surface area contributed by atoms with Gasteiger partial charge in [0.2, 0.25) is 11.3 Å². The first-order valence-corrected chi connectivity index (χ1v) is 15.0. The van der Waals surface area contributed by atoms with Gasteiger partial charge in [-0.25, -0.2) is 0 Å². The fourth-order valence-electron chi connectivity index (χ4n) is 5.88. The number of aromatic nitrogens is 2. The predicted octanol–water partition coefficient (Wildman–Crippen LogP) is 5.80. The van der Waals surface area contributed by atoms with E-state index in [0.29, 0.717) is 24.6 Å². The van der Waals surface area contributed by atoms with Gasteiger partial charge in [-0.05, 0) is 43.6 Å². The number of benzene rings is 1. The van der Waals surface area contributed by atoms with Crippen molar-refractivity contribution in [2.75, 3.05) is 38.3 Å². The van der Waals surface area contributed by atoms with Gasteiger partial charge in [0, 0.05) is 43.7 Å². The fourth-order valence-corrected chi connectivity index (χ4v) is 6.59. The van der Waals surface area contributed by atoms with Gasteiger partial charge >= 0.3 is 0 Å². The van der Waals surface area contributed by atoms with Gasteiger partial charge < -0.3 is 18.9 Å². The van der Waals surface area contributed by atoms with Gasteiger partial charge in [0.15, 0.2) is 11.1 Å². The Bertz CT molecular complexity index is 957.